The maximum absolute atomic E-state index is 13.2. The number of hydrogen-bond acceptors (Lipinski definition) is 3. The Balaban J connectivity index is 2.05. The summed E-state index contributed by atoms with van der Waals surface area (Å²) in [5.74, 6) is 0.238. The summed E-state index contributed by atoms with van der Waals surface area (Å²) in [6, 6.07) is 9.39. The SMILES string of the molecule is O=c1ccc(NCc2ccccc2F)n[nH]1. The first kappa shape index (κ1) is 10.4. The highest BCUT2D eigenvalue weighted by molar-refractivity contribution is 5.33. The van der Waals surface area contributed by atoms with E-state index in [0.717, 1.165) is 0 Å². The summed E-state index contributed by atoms with van der Waals surface area (Å²) in [4.78, 5) is 10.7. The van der Waals surface area contributed by atoms with Crippen LogP contribution in [-0.4, -0.2) is 10.2 Å². The predicted octanol–water partition coefficient (Wildman–Crippen LogP) is 1.52. The van der Waals surface area contributed by atoms with Crippen LogP contribution >= 0.6 is 0 Å². The van der Waals surface area contributed by atoms with Crippen LogP contribution in [0, 0.1) is 5.82 Å². The number of nitrogens with one attached hydrogen (secondary N) is 2. The summed E-state index contributed by atoms with van der Waals surface area (Å²) in [5, 5.41) is 8.95. The number of aromatic nitrogens is 2. The largest absolute Gasteiger partial charge is 0.364 e. The molecule has 0 saturated heterocycles. The second-order valence-electron chi connectivity index (χ2n) is 3.25. The first-order valence-electron chi connectivity index (χ1n) is 4.79. The van der Waals surface area contributed by atoms with Crippen molar-refractivity contribution in [2.45, 2.75) is 6.54 Å². The first-order chi connectivity index (χ1) is 7.75. The van der Waals surface area contributed by atoms with Gasteiger partial charge in [0, 0.05) is 18.2 Å². The van der Waals surface area contributed by atoms with Crippen LogP contribution in [0.4, 0.5) is 10.2 Å². The van der Waals surface area contributed by atoms with Crippen LogP contribution in [0.3, 0.4) is 0 Å². The minimum absolute atomic E-state index is 0.264. The minimum atomic E-state index is -0.267. The van der Waals surface area contributed by atoms with E-state index in [9.17, 15) is 9.18 Å². The van der Waals surface area contributed by atoms with Gasteiger partial charge >= 0.3 is 0 Å². The number of anilines is 1. The van der Waals surface area contributed by atoms with Crippen LogP contribution in [-0.2, 0) is 6.54 Å². The molecule has 5 heteroatoms. The van der Waals surface area contributed by atoms with Crippen LogP contribution in [0.25, 0.3) is 0 Å². The number of aromatic amines is 1. The van der Waals surface area contributed by atoms with Gasteiger partial charge in [-0.1, -0.05) is 18.2 Å². The fraction of sp³-hybridized carbons (Fsp3) is 0.0909. The summed E-state index contributed by atoms with van der Waals surface area (Å²) in [7, 11) is 0. The van der Waals surface area contributed by atoms with Gasteiger partial charge in [0.05, 0.1) is 0 Å². The van der Waals surface area contributed by atoms with Gasteiger partial charge in [0.1, 0.15) is 11.6 Å². The molecule has 0 atom stereocenters. The van der Waals surface area contributed by atoms with Gasteiger partial charge in [-0.2, -0.15) is 5.10 Å². The average Bonchev–Trinajstić information content (AvgIpc) is 2.30. The second-order valence-corrected chi connectivity index (χ2v) is 3.25. The van der Waals surface area contributed by atoms with Crippen molar-refractivity contribution in [2.24, 2.45) is 0 Å². The van der Waals surface area contributed by atoms with E-state index in [1.165, 1.54) is 12.1 Å². The third-order valence-corrected chi connectivity index (χ3v) is 2.10. The molecule has 0 fully saturated rings. The summed E-state index contributed by atoms with van der Waals surface area (Å²) in [6.45, 7) is 0.325. The molecule has 1 aromatic carbocycles. The Morgan fingerprint density at radius 3 is 2.75 bits per heavy atom. The van der Waals surface area contributed by atoms with E-state index >= 15 is 0 Å². The Bertz CT molecular complexity index is 518. The Morgan fingerprint density at radius 1 is 1.25 bits per heavy atom. The lowest BCUT2D eigenvalue weighted by Gasteiger charge is -2.05. The highest BCUT2D eigenvalue weighted by Gasteiger charge is 2.00. The van der Waals surface area contributed by atoms with Crippen molar-refractivity contribution in [3.63, 3.8) is 0 Å². The maximum atomic E-state index is 13.2. The number of hydrogen-bond donors (Lipinski definition) is 2. The zero-order valence-electron chi connectivity index (χ0n) is 8.40. The standard InChI is InChI=1S/C11H10FN3O/c12-9-4-2-1-3-8(9)7-13-10-5-6-11(16)15-14-10/h1-6H,7H2,(H,13,14)(H,15,16). The van der Waals surface area contributed by atoms with Crippen molar-refractivity contribution < 1.29 is 4.39 Å². The lowest BCUT2D eigenvalue weighted by molar-refractivity contribution is 0.613. The van der Waals surface area contributed by atoms with Gasteiger partial charge in [-0.15, -0.1) is 0 Å². The Hall–Kier alpha value is -2.17. The number of H-pyrrole nitrogens is 1. The van der Waals surface area contributed by atoms with Crippen molar-refractivity contribution in [2.75, 3.05) is 5.32 Å². The van der Waals surface area contributed by atoms with Crippen LogP contribution in [0.15, 0.2) is 41.2 Å². The molecule has 0 amide bonds. The molecule has 0 aliphatic carbocycles. The fourth-order valence-corrected chi connectivity index (χ4v) is 1.27. The molecule has 4 nitrogen and oxygen atoms in total. The van der Waals surface area contributed by atoms with Gasteiger partial charge in [-0.25, -0.2) is 9.49 Å². The Morgan fingerprint density at radius 2 is 2.06 bits per heavy atom. The van der Waals surface area contributed by atoms with Crippen LogP contribution in [0.2, 0.25) is 0 Å². The first-order valence-corrected chi connectivity index (χ1v) is 4.79. The average molecular weight is 219 g/mol. The summed E-state index contributed by atoms with van der Waals surface area (Å²) in [6.07, 6.45) is 0. The molecule has 0 spiro atoms. The zero-order valence-corrected chi connectivity index (χ0v) is 8.40. The van der Waals surface area contributed by atoms with Gasteiger partial charge in [-0.05, 0) is 12.1 Å². The monoisotopic (exact) mass is 219 g/mol. The highest BCUT2D eigenvalue weighted by atomic mass is 19.1. The molecule has 1 heterocycles. The molecule has 0 unspecified atom stereocenters. The van der Waals surface area contributed by atoms with E-state index < -0.39 is 0 Å². The minimum Gasteiger partial charge on any atom is -0.364 e. The molecule has 0 aliphatic heterocycles. The Kier molecular flexibility index (Phi) is 2.95. The van der Waals surface area contributed by atoms with Crippen LogP contribution in [0.1, 0.15) is 5.56 Å². The number of benzene rings is 1. The van der Waals surface area contributed by atoms with Crippen LogP contribution < -0.4 is 10.9 Å². The maximum Gasteiger partial charge on any atom is 0.264 e. The number of nitrogens with zero attached hydrogens (tertiary/aromatic N) is 1. The summed E-state index contributed by atoms with van der Waals surface area (Å²) < 4.78 is 13.2. The molecule has 0 bridgehead atoms. The number of halogens is 1. The summed E-state index contributed by atoms with van der Waals surface area (Å²) in [5.41, 5.74) is 0.284. The van der Waals surface area contributed by atoms with Gasteiger partial charge in [0.2, 0.25) is 0 Å². The van der Waals surface area contributed by atoms with E-state index in [2.05, 4.69) is 15.5 Å². The smallest absolute Gasteiger partial charge is 0.264 e. The zero-order chi connectivity index (χ0) is 11.4. The Labute approximate surface area is 91.1 Å². The van der Waals surface area contributed by atoms with Crippen molar-refractivity contribution >= 4 is 5.82 Å². The van der Waals surface area contributed by atoms with E-state index in [0.29, 0.717) is 17.9 Å². The van der Waals surface area contributed by atoms with E-state index in [4.69, 9.17) is 0 Å². The van der Waals surface area contributed by atoms with Gasteiger partial charge in [0.25, 0.3) is 5.56 Å². The van der Waals surface area contributed by atoms with Gasteiger partial charge in [0.15, 0.2) is 0 Å². The normalized spacial score (nSPS) is 10.1. The quantitative estimate of drug-likeness (QED) is 0.822. The predicted molar refractivity (Wildman–Crippen MR) is 58.6 cm³/mol. The molecular weight excluding hydrogens is 209 g/mol. The number of rotatable bonds is 3. The molecule has 1 aromatic heterocycles. The molecule has 2 rings (SSSR count). The summed E-state index contributed by atoms with van der Waals surface area (Å²) >= 11 is 0. The van der Waals surface area contributed by atoms with Crippen molar-refractivity contribution in [3.05, 3.63) is 58.1 Å². The van der Waals surface area contributed by atoms with Crippen molar-refractivity contribution in [1.29, 1.82) is 0 Å². The molecule has 2 aromatic rings. The molecule has 0 saturated carbocycles. The highest BCUT2D eigenvalue weighted by Crippen LogP contribution is 2.08. The second kappa shape index (κ2) is 4.57. The molecule has 16 heavy (non-hydrogen) atoms. The molecule has 82 valence electrons. The molecule has 0 aliphatic rings. The lowest BCUT2D eigenvalue weighted by Crippen LogP contribution is -2.09. The van der Waals surface area contributed by atoms with Gasteiger partial charge in [-0.3, -0.25) is 4.79 Å². The molecule has 0 radical (unpaired) electrons. The van der Waals surface area contributed by atoms with E-state index in [1.54, 1.807) is 24.3 Å². The van der Waals surface area contributed by atoms with Crippen molar-refractivity contribution in [1.82, 2.24) is 10.2 Å². The molecule has 2 N–H and O–H groups in total. The van der Waals surface area contributed by atoms with E-state index in [1.807, 2.05) is 0 Å². The fourth-order valence-electron chi connectivity index (χ4n) is 1.27. The van der Waals surface area contributed by atoms with Crippen LogP contribution in [0.5, 0.6) is 0 Å². The third kappa shape index (κ3) is 2.44. The third-order valence-electron chi connectivity index (χ3n) is 2.10. The van der Waals surface area contributed by atoms with Crippen molar-refractivity contribution in [3.8, 4) is 0 Å². The molecular formula is C11H10FN3O. The van der Waals surface area contributed by atoms with E-state index in [-0.39, 0.29) is 11.4 Å². The van der Waals surface area contributed by atoms with Gasteiger partial charge < -0.3 is 5.32 Å². The lowest BCUT2D eigenvalue weighted by atomic mass is 10.2. The topological polar surface area (TPSA) is 57.8 Å².